The topological polar surface area (TPSA) is 211 Å². The van der Waals surface area contributed by atoms with Crippen molar-refractivity contribution in [1.29, 1.82) is 0 Å². The predicted molar refractivity (Wildman–Crippen MR) is 177 cm³/mol. The van der Waals surface area contributed by atoms with Crippen molar-refractivity contribution in [2.24, 2.45) is 45.3 Å². The van der Waals surface area contributed by atoms with Crippen LogP contribution >= 0.6 is 0 Å². The molecule has 2 unspecified atom stereocenters. The van der Waals surface area contributed by atoms with Gasteiger partial charge in [-0.3, -0.25) is 13.7 Å². The van der Waals surface area contributed by atoms with E-state index in [2.05, 4.69) is 58.4 Å². The molecule has 0 aromatic carbocycles. The van der Waals surface area contributed by atoms with E-state index >= 15 is 0 Å². The van der Waals surface area contributed by atoms with Crippen LogP contribution in [0.25, 0.3) is 0 Å². The summed E-state index contributed by atoms with van der Waals surface area (Å²) >= 11 is 0. The van der Waals surface area contributed by atoms with Crippen molar-refractivity contribution >= 4 is 31.2 Å². The highest BCUT2D eigenvalue weighted by Crippen LogP contribution is 2.72. The Labute approximate surface area is 286 Å². The summed E-state index contributed by atoms with van der Waals surface area (Å²) in [5.41, 5.74) is 0.163. The van der Waals surface area contributed by atoms with Gasteiger partial charge in [0.25, 0.3) is 0 Å². The van der Waals surface area contributed by atoms with E-state index in [1.165, 1.54) is 5.57 Å². The maximum atomic E-state index is 12.2. The first kappa shape index (κ1) is 39.8. The number of rotatable bonds is 13. The lowest BCUT2D eigenvalue weighted by Crippen LogP contribution is -2.65. The molecule has 0 saturated heterocycles. The minimum atomic E-state index is -5.29. The zero-order valence-electron chi connectivity index (χ0n) is 29.0. The molecule has 13 nitrogen and oxygen atoms in total. The van der Waals surface area contributed by atoms with Crippen LogP contribution in [-0.4, -0.2) is 68.4 Å². The monoisotopic (exact) mass is 742 g/mol. The number of hydrogen-bond donors (Lipinski definition) is 4. The molecule has 0 bridgehead atoms. The average Bonchev–Trinajstić information content (AvgIpc) is 3.20. The zero-order chi connectivity index (χ0) is 36.5. The van der Waals surface area contributed by atoms with E-state index in [9.17, 15) is 44.0 Å². The van der Waals surface area contributed by atoms with Crippen molar-refractivity contribution in [2.45, 2.75) is 131 Å². The maximum absolute atomic E-state index is 12.2. The van der Waals surface area contributed by atoms with E-state index < -0.39 is 72.4 Å². The molecule has 278 valence electrons. The highest BCUT2D eigenvalue weighted by atomic mass is 32.3. The Morgan fingerprint density at radius 2 is 1.50 bits per heavy atom. The van der Waals surface area contributed by atoms with Crippen molar-refractivity contribution in [2.75, 3.05) is 0 Å². The Morgan fingerprint density at radius 3 is 2.00 bits per heavy atom. The molecule has 0 aliphatic heterocycles. The number of allylic oxidation sites excluding steroid dienone is 3. The second-order valence-corrected chi connectivity index (χ2v) is 18.8. The fourth-order valence-electron chi connectivity index (χ4n) is 10.9. The third-order valence-corrected chi connectivity index (χ3v) is 15.1. The van der Waals surface area contributed by atoms with Crippen molar-refractivity contribution < 1.29 is 56.6 Å². The van der Waals surface area contributed by atoms with Crippen LogP contribution in [0.4, 0.5) is 0 Å². The summed E-state index contributed by atoms with van der Waals surface area (Å²) in [7, 11) is -15.6. The minimum Gasteiger partial charge on any atom is -0.390 e. The normalized spacial score (nSPS) is 39.6. The molecule has 4 rings (SSSR count). The van der Waals surface area contributed by atoms with Crippen molar-refractivity contribution in [3.8, 4) is 0 Å². The number of aliphatic hydroxyl groups excluding tert-OH is 1. The molecule has 3 saturated carbocycles. The number of aliphatic hydroxyl groups is 1. The van der Waals surface area contributed by atoms with Crippen LogP contribution in [0.15, 0.2) is 23.8 Å². The molecule has 48 heavy (non-hydrogen) atoms. The summed E-state index contributed by atoms with van der Waals surface area (Å²) < 4.78 is 115. The molecule has 0 aromatic rings. The molecule has 16 heteroatoms. The van der Waals surface area contributed by atoms with E-state index in [4.69, 9.17) is 8.37 Å². The van der Waals surface area contributed by atoms with Crippen LogP contribution in [0.3, 0.4) is 0 Å². The molecular weight excluding hydrogens is 689 g/mol. The molecule has 0 aromatic heterocycles. The third kappa shape index (κ3) is 7.22. The Kier molecular flexibility index (Phi) is 11.0. The van der Waals surface area contributed by atoms with Gasteiger partial charge in [0.15, 0.2) is 0 Å². The van der Waals surface area contributed by atoms with Crippen molar-refractivity contribution in [1.82, 2.24) is 0 Å². The molecule has 4 N–H and O–H groups in total. The Hall–Kier alpha value is -0.950. The number of fused-ring (bicyclic) bond motifs is 5. The first-order valence-electron chi connectivity index (χ1n) is 16.8. The van der Waals surface area contributed by atoms with Crippen LogP contribution in [0.1, 0.15) is 106 Å². The first-order chi connectivity index (χ1) is 21.8. The standard InChI is InChI=1S/C32H54O13S3/c1-9-32(10-2,19(3)4)16-11-20(5)21-12-14-31(8)23-17-24(43-46(34,35)36)26-27(33)28(45-48(40,41)42)25(44-47(37,38)39)18-29(26,6)22(23)13-15-30(21,31)7/h13,20-21,23-28,33H,3,9-12,14-18H2,1-2,4-8H3,(H,34,35,36)(H,37,38,39)(H,40,41,42)/t20-,21-,23?,24+,25+,26?,27-,28-,29-,30-,31+/m1/s1. The van der Waals surface area contributed by atoms with Gasteiger partial charge in [0.1, 0.15) is 12.2 Å². The van der Waals surface area contributed by atoms with E-state index in [0.717, 1.165) is 44.1 Å². The Morgan fingerprint density at radius 1 is 0.958 bits per heavy atom. The van der Waals surface area contributed by atoms with E-state index in [1.54, 1.807) is 6.92 Å². The van der Waals surface area contributed by atoms with Gasteiger partial charge in [0, 0.05) is 5.92 Å². The lowest BCUT2D eigenvalue weighted by atomic mass is 9.43. The number of hydrogen-bond acceptors (Lipinski definition) is 10. The van der Waals surface area contributed by atoms with Gasteiger partial charge in [-0.05, 0) is 104 Å². The van der Waals surface area contributed by atoms with Crippen LogP contribution in [0.5, 0.6) is 0 Å². The Bertz CT molecular complexity index is 1600. The summed E-state index contributed by atoms with van der Waals surface area (Å²) in [5, 5.41) is 11.6. The fourth-order valence-corrected chi connectivity index (χ4v) is 12.4. The van der Waals surface area contributed by atoms with E-state index in [-0.39, 0.29) is 29.6 Å². The van der Waals surface area contributed by atoms with Crippen LogP contribution in [-0.2, 0) is 43.7 Å². The van der Waals surface area contributed by atoms with E-state index in [0.29, 0.717) is 18.3 Å². The molecule has 11 atom stereocenters. The Balaban J connectivity index is 1.78. The van der Waals surface area contributed by atoms with Crippen LogP contribution < -0.4 is 0 Å². The van der Waals surface area contributed by atoms with Gasteiger partial charge in [-0.1, -0.05) is 65.3 Å². The largest absolute Gasteiger partial charge is 0.397 e. The SMILES string of the molecule is C=C(C)C(CC)(CC)CC[C@@H](C)[C@H]1CC[C@@]2(C)C3C[C@H](OS(=O)(=O)O)C4[C@@H](O)[C@H](OS(=O)(=O)O)[C@@H](OS(=O)(=O)O)C[C@]4(C)C3=CC[C@]12C. The second-order valence-electron chi connectivity index (χ2n) is 15.7. The molecule has 3 fully saturated rings. The van der Waals surface area contributed by atoms with Gasteiger partial charge >= 0.3 is 31.2 Å². The predicted octanol–water partition coefficient (Wildman–Crippen LogP) is 5.51. The summed E-state index contributed by atoms with van der Waals surface area (Å²) in [5.74, 6) is -0.900. The van der Waals surface area contributed by atoms with Crippen LogP contribution in [0.2, 0.25) is 0 Å². The molecule has 0 heterocycles. The highest BCUT2D eigenvalue weighted by molar-refractivity contribution is 7.81. The summed E-state index contributed by atoms with van der Waals surface area (Å²) in [6, 6.07) is 0. The quantitative estimate of drug-likeness (QED) is 0.136. The van der Waals surface area contributed by atoms with Crippen molar-refractivity contribution in [3.63, 3.8) is 0 Å². The molecule has 0 radical (unpaired) electrons. The van der Waals surface area contributed by atoms with Crippen LogP contribution in [0, 0.1) is 45.3 Å². The average molecular weight is 743 g/mol. The summed E-state index contributed by atoms with van der Waals surface area (Å²) in [6.45, 7) is 19.2. The van der Waals surface area contributed by atoms with Gasteiger partial charge in [-0.25, -0.2) is 12.5 Å². The van der Waals surface area contributed by atoms with Gasteiger partial charge in [0.2, 0.25) is 0 Å². The summed E-state index contributed by atoms with van der Waals surface area (Å²) in [4.78, 5) is 0. The lowest BCUT2D eigenvalue weighted by Gasteiger charge is -2.63. The van der Waals surface area contributed by atoms with Crippen molar-refractivity contribution in [3.05, 3.63) is 23.8 Å². The third-order valence-electron chi connectivity index (χ3n) is 13.7. The minimum absolute atomic E-state index is 0.0446. The highest BCUT2D eigenvalue weighted by Gasteiger charge is 2.68. The summed E-state index contributed by atoms with van der Waals surface area (Å²) in [6.07, 6.45) is 0.966. The van der Waals surface area contributed by atoms with Gasteiger partial charge in [-0.15, -0.1) is 0 Å². The molecular formula is C32H54O13S3. The molecule has 0 amide bonds. The van der Waals surface area contributed by atoms with E-state index in [1.807, 2.05) is 0 Å². The molecule has 4 aliphatic carbocycles. The van der Waals surface area contributed by atoms with Gasteiger partial charge in [-0.2, -0.15) is 25.3 Å². The molecule has 0 spiro atoms. The first-order valence-corrected chi connectivity index (χ1v) is 20.9. The van der Waals surface area contributed by atoms with Gasteiger partial charge in [0.05, 0.1) is 12.2 Å². The lowest BCUT2D eigenvalue weighted by molar-refractivity contribution is -0.179. The zero-order valence-corrected chi connectivity index (χ0v) is 31.4. The smallest absolute Gasteiger partial charge is 0.390 e. The second kappa shape index (κ2) is 13.2. The molecule has 4 aliphatic rings. The van der Waals surface area contributed by atoms with Gasteiger partial charge < -0.3 is 5.11 Å². The fraction of sp³-hybridized carbons (Fsp3) is 0.875. The maximum Gasteiger partial charge on any atom is 0.397 e.